The number of anilines is 1. The van der Waals surface area contributed by atoms with Gasteiger partial charge in [0.25, 0.3) is 0 Å². The minimum Gasteiger partial charge on any atom is -0.453 e. The number of hydrogen-bond acceptors (Lipinski definition) is 5. The minimum atomic E-state index is -0.649. The quantitative estimate of drug-likeness (QED) is 0.772. The van der Waals surface area contributed by atoms with Crippen LogP contribution in [-0.2, 0) is 11.2 Å². The standard InChI is InChI=1S/C23H24F2N4O2/c1-13-3-7-17-20(29(13)23(30)14-4-5-14)10-8-16(19-12-28(2)27-26-19)22(17)31-21-11-15(24)6-9-18(21)25/h6,8-14,26-27H,3-5,7H2,1-2H3/t13-/m0/s1. The van der Waals surface area contributed by atoms with Crippen LogP contribution in [0.25, 0.3) is 5.70 Å². The normalized spacial score (nSPS) is 20.3. The molecule has 162 valence electrons. The summed E-state index contributed by atoms with van der Waals surface area (Å²) in [5.41, 5.74) is 9.06. The fourth-order valence-corrected chi connectivity index (χ4v) is 4.20. The van der Waals surface area contributed by atoms with Crippen LogP contribution in [-0.4, -0.2) is 24.0 Å². The van der Waals surface area contributed by atoms with Crippen molar-refractivity contribution < 1.29 is 18.3 Å². The zero-order valence-electron chi connectivity index (χ0n) is 17.4. The number of hydrazine groups is 2. The summed E-state index contributed by atoms with van der Waals surface area (Å²) in [5.74, 6) is -0.782. The van der Waals surface area contributed by atoms with Gasteiger partial charge in [-0.25, -0.2) is 8.78 Å². The summed E-state index contributed by atoms with van der Waals surface area (Å²) in [6, 6.07) is 7.00. The summed E-state index contributed by atoms with van der Waals surface area (Å²) in [6.07, 6.45) is 5.11. The Balaban J connectivity index is 1.65. The van der Waals surface area contributed by atoms with Crippen LogP contribution < -0.4 is 20.6 Å². The third-order valence-corrected chi connectivity index (χ3v) is 6.00. The molecule has 3 aliphatic rings. The number of nitrogens with zero attached hydrogens (tertiary/aromatic N) is 2. The van der Waals surface area contributed by atoms with E-state index in [1.807, 2.05) is 37.2 Å². The van der Waals surface area contributed by atoms with Crippen LogP contribution in [0.1, 0.15) is 37.3 Å². The lowest BCUT2D eigenvalue weighted by atomic mass is 9.92. The molecule has 2 N–H and O–H groups in total. The molecule has 2 aromatic carbocycles. The fourth-order valence-electron chi connectivity index (χ4n) is 4.20. The molecule has 8 heteroatoms. The Morgan fingerprint density at radius 3 is 2.68 bits per heavy atom. The van der Waals surface area contributed by atoms with E-state index < -0.39 is 11.6 Å². The molecule has 1 fully saturated rings. The molecule has 0 saturated heterocycles. The van der Waals surface area contributed by atoms with E-state index in [2.05, 4.69) is 11.0 Å². The third kappa shape index (κ3) is 3.61. The first-order valence-electron chi connectivity index (χ1n) is 10.5. The van der Waals surface area contributed by atoms with Crippen molar-refractivity contribution in [2.45, 2.75) is 38.6 Å². The molecule has 0 bridgehead atoms. The largest absolute Gasteiger partial charge is 0.453 e. The van der Waals surface area contributed by atoms with Gasteiger partial charge in [0.2, 0.25) is 5.91 Å². The smallest absolute Gasteiger partial charge is 0.230 e. The van der Waals surface area contributed by atoms with Gasteiger partial charge in [-0.1, -0.05) is 0 Å². The Hall–Kier alpha value is -3.13. The van der Waals surface area contributed by atoms with E-state index in [-0.39, 0.29) is 23.6 Å². The number of ether oxygens (including phenoxy) is 1. The lowest BCUT2D eigenvalue weighted by molar-refractivity contribution is -0.120. The van der Waals surface area contributed by atoms with Crippen molar-refractivity contribution in [3.63, 3.8) is 0 Å². The van der Waals surface area contributed by atoms with Gasteiger partial charge >= 0.3 is 0 Å². The lowest BCUT2D eigenvalue weighted by Gasteiger charge is -2.36. The first kappa shape index (κ1) is 19.8. The van der Waals surface area contributed by atoms with Gasteiger partial charge in [0, 0.05) is 42.4 Å². The number of hydrogen-bond donors (Lipinski definition) is 2. The SMILES string of the molecule is C[C@H]1CCc2c(ccc(C3=CN(C)NN3)c2Oc2cc(F)ccc2F)N1C(=O)C1CC1. The number of carbonyl (C=O) groups excluding carboxylic acids is 1. The summed E-state index contributed by atoms with van der Waals surface area (Å²) >= 11 is 0. The van der Waals surface area contributed by atoms with Gasteiger partial charge in [0.1, 0.15) is 11.6 Å². The van der Waals surface area contributed by atoms with Gasteiger partial charge in [-0.3, -0.25) is 9.80 Å². The number of halogens is 2. The maximum absolute atomic E-state index is 14.4. The second-order valence-corrected chi connectivity index (χ2v) is 8.38. The van der Waals surface area contributed by atoms with E-state index in [0.29, 0.717) is 17.7 Å². The predicted octanol–water partition coefficient (Wildman–Crippen LogP) is 4.09. The Morgan fingerprint density at radius 2 is 1.97 bits per heavy atom. The molecule has 2 aliphatic heterocycles. The number of benzene rings is 2. The maximum atomic E-state index is 14.4. The highest BCUT2D eigenvalue weighted by molar-refractivity contribution is 5.99. The van der Waals surface area contributed by atoms with E-state index in [0.717, 1.165) is 54.4 Å². The zero-order valence-corrected chi connectivity index (χ0v) is 17.4. The number of nitrogens with one attached hydrogen (secondary N) is 2. The molecule has 0 spiro atoms. The average molecular weight is 426 g/mol. The van der Waals surface area contributed by atoms with Crippen molar-refractivity contribution in [3.05, 3.63) is 59.3 Å². The molecule has 6 nitrogen and oxygen atoms in total. The molecule has 0 aromatic heterocycles. The topological polar surface area (TPSA) is 56.8 Å². The van der Waals surface area contributed by atoms with E-state index in [1.165, 1.54) is 0 Å². The van der Waals surface area contributed by atoms with E-state index in [9.17, 15) is 13.6 Å². The highest BCUT2D eigenvalue weighted by Gasteiger charge is 2.39. The molecule has 2 aromatic rings. The maximum Gasteiger partial charge on any atom is 0.230 e. The summed E-state index contributed by atoms with van der Waals surface area (Å²) < 4.78 is 34.3. The van der Waals surface area contributed by atoms with E-state index >= 15 is 0 Å². The number of fused-ring (bicyclic) bond motifs is 1. The predicted molar refractivity (Wildman–Crippen MR) is 113 cm³/mol. The molecule has 0 unspecified atom stereocenters. The monoisotopic (exact) mass is 426 g/mol. The number of rotatable bonds is 4. The van der Waals surface area contributed by atoms with Gasteiger partial charge in [-0.2, -0.15) is 0 Å². The van der Waals surface area contributed by atoms with Crippen LogP contribution in [0, 0.1) is 17.6 Å². The molecule has 1 saturated carbocycles. The van der Waals surface area contributed by atoms with Crippen LogP contribution in [0.2, 0.25) is 0 Å². The van der Waals surface area contributed by atoms with Gasteiger partial charge in [-0.15, -0.1) is 5.53 Å². The number of amides is 1. The molecule has 1 aliphatic carbocycles. The van der Waals surface area contributed by atoms with Gasteiger partial charge in [0.15, 0.2) is 11.6 Å². The second-order valence-electron chi connectivity index (χ2n) is 8.38. The van der Waals surface area contributed by atoms with Crippen molar-refractivity contribution in [1.29, 1.82) is 0 Å². The van der Waals surface area contributed by atoms with Crippen molar-refractivity contribution >= 4 is 17.3 Å². The van der Waals surface area contributed by atoms with Crippen LogP contribution in [0.4, 0.5) is 14.5 Å². The van der Waals surface area contributed by atoms with Crippen LogP contribution in [0.5, 0.6) is 11.5 Å². The van der Waals surface area contributed by atoms with Crippen molar-refractivity contribution in [1.82, 2.24) is 16.0 Å². The molecule has 1 amide bonds. The van der Waals surface area contributed by atoms with Crippen LogP contribution >= 0.6 is 0 Å². The Morgan fingerprint density at radius 1 is 1.16 bits per heavy atom. The second kappa shape index (κ2) is 7.53. The Kier molecular flexibility index (Phi) is 4.81. The van der Waals surface area contributed by atoms with Gasteiger partial charge < -0.3 is 15.1 Å². The molecule has 0 radical (unpaired) electrons. The Bertz CT molecular complexity index is 1080. The number of carbonyl (C=O) groups is 1. The van der Waals surface area contributed by atoms with Gasteiger partial charge in [0.05, 0.1) is 11.4 Å². The molecule has 31 heavy (non-hydrogen) atoms. The first-order valence-corrected chi connectivity index (χ1v) is 10.5. The minimum absolute atomic E-state index is 0.0711. The summed E-state index contributed by atoms with van der Waals surface area (Å²) in [7, 11) is 1.84. The highest BCUT2D eigenvalue weighted by atomic mass is 19.1. The average Bonchev–Trinajstić information content (AvgIpc) is 3.51. The van der Waals surface area contributed by atoms with Crippen molar-refractivity contribution in [2.24, 2.45) is 5.92 Å². The van der Waals surface area contributed by atoms with Crippen LogP contribution in [0.15, 0.2) is 36.5 Å². The van der Waals surface area contributed by atoms with E-state index in [1.54, 1.807) is 5.01 Å². The summed E-state index contributed by atoms with van der Waals surface area (Å²) in [6.45, 7) is 2.05. The lowest BCUT2D eigenvalue weighted by Crippen LogP contribution is -2.43. The van der Waals surface area contributed by atoms with Crippen molar-refractivity contribution in [2.75, 3.05) is 11.9 Å². The van der Waals surface area contributed by atoms with Gasteiger partial charge in [-0.05, 0) is 56.9 Å². The van der Waals surface area contributed by atoms with Crippen molar-refractivity contribution in [3.8, 4) is 11.5 Å². The fraction of sp³-hybridized carbons (Fsp3) is 0.348. The third-order valence-electron chi connectivity index (χ3n) is 6.00. The molecular weight excluding hydrogens is 402 g/mol. The molecule has 1 atom stereocenters. The van der Waals surface area contributed by atoms with E-state index in [4.69, 9.17) is 4.74 Å². The first-order chi connectivity index (χ1) is 14.9. The molecule has 5 rings (SSSR count). The summed E-state index contributed by atoms with van der Waals surface area (Å²) in [4.78, 5) is 14.9. The summed E-state index contributed by atoms with van der Waals surface area (Å²) in [5, 5.41) is 1.74. The highest BCUT2D eigenvalue weighted by Crippen LogP contribution is 2.45. The Labute approximate surface area is 179 Å². The molecule has 2 heterocycles. The van der Waals surface area contributed by atoms with Crippen LogP contribution in [0.3, 0.4) is 0 Å². The zero-order chi connectivity index (χ0) is 21.7. The molecular formula is C23H24F2N4O2.